The Balaban J connectivity index is 1.69. The molecule has 0 radical (unpaired) electrons. The number of amides is 1. The van der Waals surface area contributed by atoms with Crippen molar-refractivity contribution in [3.05, 3.63) is 36.0 Å². The van der Waals surface area contributed by atoms with Gasteiger partial charge in [-0.05, 0) is 43.0 Å². The lowest BCUT2D eigenvalue weighted by Gasteiger charge is -2.11. The summed E-state index contributed by atoms with van der Waals surface area (Å²) in [6, 6.07) is 7.92. The monoisotopic (exact) mass is 282 g/mol. The second-order valence-corrected chi connectivity index (χ2v) is 6.07. The van der Waals surface area contributed by atoms with E-state index in [1.807, 2.05) is 31.2 Å². The molecule has 0 aliphatic heterocycles. The zero-order chi connectivity index (χ0) is 14.7. The first-order chi connectivity index (χ1) is 10.2. The van der Waals surface area contributed by atoms with Gasteiger partial charge in [0, 0.05) is 18.0 Å². The molecule has 1 heterocycles. The van der Waals surface area contributed by atoms with Crippen molar-refractivity contribution < 1.29 is 4.79 Å². The summed E-state index contributed by atoms with van der Waals surface area (Å²) in [6.45, 7) is 2.04. The lowest BCUT2D eigenvalue weighted by Crippen LogP contribution is -2.13. The fourth-order valence-corrected chi connectivity index (χ4v) is 3.27. The Bertz CT molecular complexity index is 645. The van der Waals surface area contributed by atoms with Gasteiger partial charge in [0.05, 0.1) is 11.2 Å². The molecule has 1 aromatic carbocycles. The Labute approximate surface area is 125 Å². The number of fused-ring (bicyclic) bond motifs is 1. The number of aryl methyl sites for hydroxylation is 1. The van der Waals surface area contributed by atoms with E-state index in [4.69, 9.17) is 0 Å². The van der Waals surface area contributed by atoms with Crippen LogP contribution in [0.15, 0.2) is 30.5 Å². The number of carbonyl (C=O) groups excluding carboxylic acids is 1. The smallest absolute Gasteiger partial charge is 0.224 e. The Morgan fingerprint density at radius 3 is 2.90 bits per heavy atom. The van der Waals surface area contributed by atoms with Crippen LogP contribution in [0.2, 0.25) is 0 Å². The summed E-state index contributed by atoms with van der Waals surface area (Å²) in [5, 5.41) is 4.08. The van der Waals surface area contributed by atoms with E-state index in [2.05, 4.69) is 10.3 Å². The predicted octanol–water partition coefficient (Wildman–Crippen LogP) is 4.45. The molecule has 0 atom stereocenters. The molecule has 1 N–H and O–H groups in total. The highest BCUT2D eigenvalue weighted by Crippen LogP contribution is 2.29. The van der Waals surface area contributed by atoms with Crippen LogP contribution in [0, 0.1) is 12.8 Å². The van der Waals surface area contributed by atoms with Crippen LogP contribution in [0.5, 0.6) is 0 Å². The molecule has 3 nitrogen and oxygen atoms in total. The van der Waals surface area contributed by atoms with Crippen molar-refractivity contribution in [2.75, 3.05) is 5.32 Å². The Kier molecular flexibility index (Phi) is 4.18. The highest BCUT2D eigenvalue weighted by molar-refractivity contribution is 6.01. The molecule has 1 amide bonds. The van der Waals surface area contributed by atoms with Gasteiger partial charge in [0.1, 0.15) is 0 Å². The zero-order valence-electron chi connectivity index (χ0n) is 12.6. The van der Waals surface area contributed by atoms with Gasteiger partial charge < -0.3 is 5.32 Å². The first-order valence-electron chi connectivity index (χ1n) is 7.88. The molecule has 2 aromatic rings. The minimum absolute atomic E-state index is 0.121. The van der Waals surface area contributed by atoms with Gasteiger partial charge in [-0.1, -0.05) is 31.7 Å². The van der Waals surface area contributed by atoms with Crippen molar-refractivity contribution in [2.45, 2.75) is 45.4 Å². The molecular weight excluding hydrogens is 260 g/mol. The minimum Gasteiger partial charge on any atom is -0.325 e. The number of anilines is 1. The van der Waals surface area contributed by atoms with Crippen molar-refractivity contribution in [3.8, 4) is 0 Å². The normalized spacial score (nSPS) is 15.5. The van der Waals surface area contributed by atoms with Gasteiger partial charge in [0.15, 0.2) is 0 Å². The maximum absolute atomic E-state index is 12.2. The van der Waals surface area contributed by atoms with Crippen LogP contribution in [0.25, 0.3) is 10.9 Å². The molecule has 21 heavy (non-hydrogen) atoms. The van der Waals surface area contributed by atoms with Crippen molar-refractivity contribution in [3.63, 3.8) is 0 Å². The second-order valence-electron chi connectivity index (χ2n) is 6.07. The third-order valence-electron chi connectivity index (χ3n) is 4.50. The predicted molar refractivity (Wildman–Crippen MR) is 86.3 cm³/mol. The maximum Gasteiger partial charge on any atom is 0.224 e. The Hall–Kier alpha value is -1.90. The Morgan fingerprint density at radius 2 is 2.10 bits per heavy atom. The highest BCUT2D eigenvalue weighted by Gasteiger charge is 2.16. The van der Waals surface area contributed by atoms with E-state index in [-0.39, 0.29) is 5.91 Å². The zero-order valence-corrected chi connectivity index (χ0v) is 12.6. The van der Waals surface area contributed by atoms with E-state index < -0.39 is 0 Å². The van der Waals surface area contributed by atoms with Crippen molar-refractivity contribution in [1.82, 2.24) is 4.98 Å². The number of hydrogen-bond donors (Lipinski definition) is 1. The van der Waals surface area contributed by atoms with Crippen LogP contribution in [0.3, 0.4) is 0 Å². The highest BCUT2D eigenvalue weighted by atomic mass is 16.1. The molecule has 1 aromatic heterocycles. The van der Waals surface area contributed by atoms with Crippen LogP contribution in [-0.2, 0) is 4.79 Å². The fourth-order valence-electron chi connectivity index (χ4n) is 3.27. The summed E-state index contributed by atoms with van der Waals surface area (Å²) >= 11 is 0. The number of hydrogen-bond acceptors (Lipinski definition) is 2. The van der Waals surface area contributed by atoms with E-state index >= 15 is 0 Å². The van der Waals surface area contributed by atoms with E-state index in [9.17, 15) is 4.79 Å². The quantitative estimate of drug-likeness (QED) is 0.900. The van der Waals surface area contributed by atoms with E-state index in [1.165, 1.54) is 25.7 Å². The van der Waals surface area contributed by atoms with Crippen LogP contribution in [-0.4, -0.2) is 10.9 Å². The summed E-state index contributed by atoms with van der Waals surface area (Å²) in [4.78, 5) is 16.6. The van der Waals surface area contributed by atoms with E-state index in [0.717, 1.165) is 34.5 Å². The molecule has 1 fully saturated rings. The molecule has 1 saturated carbocycles. The SMILES string of the molecule is Cc1ccc(NC(=O)CCC2CCCC2)c2cccnc12. The first kappa shape index (κ1) is 14.1. The molecule has 0 saturated heterocycles. The number of carbonyl (C=O) groups is 1. The van der Waals surface area contributed by atoms with Crippen molar-refractivity contribution in [1.29, 1.82) is 0 Å². The fraction of sp³-hybridized carbons (Fsp3) is 0.444. The molecule has 0 bridgehead atoms. The summed E-state index contributed by atoms with van der Waals surface area (Å²) in [7, 11) is 0. The molecular formula is C18H22N2O. The topological polar surface area (TPSA) is 42.0 Å². The van der Waals surface area contributed by atoms with Gasteiger partial charge in [-0.15, -0.1) is 0 Å². The van der Waals surface area contributed by atoms with Gasteiger partial charge in [0.2, 0.25) is 5.91 Å². The number of rotatable bonds is 4. The van der Waals surface area contributed by atoms with Gasteiger partial charge in [-0.3, -0.25) is 9.78 Å². The average molecular weight is 282 g/mol. The maximum atomic E-state index is 12.2. The van der Waals surface area contributed by atoms with Crippen LogP contribution in [0.4, 0.5) is 5.69 Å². The average Bonchev–Trinajstić information content (AvgIpc) is 3.02. The molecule has 3 rings (SSSR count). The summed E-state index contributed by atoms with van der Waals surface area (Å²) in [5.74, 6) is 0.878. The van der Waals surface area contributed by atoms with E-state index in [0.29, 0.717) is 6.42 Å². The van der Waals surface area contributed by atoms with Gasteiger partial charge >= 0.3 is 0 Å². The molecule has 3 heteroatoms. The van der Waals surface area contributed by atoms with Crippen molar-refractivity contribution in [2.24, 2.45) is 5.92 Å². The number of pyridine rings is 1. The van der Waals surface area contributed by atoms with Crippen molar-refractivity contribution >= 4 is 22.5 Å². The lowest BCUT2D eigenvalue weighted by atomic mass is 10.0. The lowest BCUT2D eigenvalue weighted by molar-refractivity contribution is -0.116. The minimum atomic E-state index is 0.121. The number of nitrogens with one attached hydrogen (secondary N) is 1. The van der Waals surface area contributed by atoms with Crippen LogP contribution in [0.1, 0.15) is 44.1 Å². The van der Waals surface area contributed by atoms with Crippen LogP contribution >= 0.6 is 0 Å². The standard InChI is InChI=1S/C18H22N2O/c1-13-8-10-16(15-7-4-12-19-18(13)15)20-17(21)11-9-14-5-2-3-6-14/h4,7-8,10,12,14H,2-3,5-6,9,11H2,1H3,(H,20,21). The molecule has 110 valence electrons. The largest absolute Gasteiger partial charge is 0.325 e. The number of aromatic nitrogens is 1. The van der Waals surface area contributed by atoms with E-state index in [1.54, 1.807) is 6.20 Å². The molecule has 1 aliphatic carbocycles. The molecule has 0 spiro atoms. The van der Waals surface area contributed by atoms with Gasteiger partial charge in [0.25, 0.3) is 0 Å². The molecule has 0 unspecified atom stereocenters. The Morgan fingerprint density at radius 1 is 1.29 bits per heavy atom. The number of nitrogens with zero attached hydrogens (tertiary/aromatic N) is 1. The summed E-state index contributed by atoms with van der Waals surface area (Å²) in [6.07, 6.45) is 8.70. The summed E-state index contributed by atoms with van der Waals surface area (Å²) in [5.41, 5.74) is 2.97. The number of benzene rings is 1. The van der Waals surface area contributed by atoms with Gasteiger partial charge in [-0.25, -0.2) is 0 Å². The first-order valence-corrected chi connectivity index (χ1v) is 7.88. The molecule has 1 aliphatic rings. The third kappa shape index (κ3) is 3.23. The van der Waals surface area contributed by atoms with Gasteiger partial charge in [-0.2, -0.15) is 0 Å². The summed E-state index contributed by atoms with van der Waals surface area (Å²) < 4.78 is 0. The van der Waals surface area contributed by atoms with Crippen LogP contribution < -0.4 is 5.32 Å². The second kappa shape index (κ2) is 6.25. The third-order valence-corrected chi connectivity index (χ3v) is 4.50.